The Bertz CT molecular complexity index is 2900. The molecule has 2 atom stereocenters. The first-order valence-electron chi connectivity index (χ1n) is 18.4. The molecule has 0 heterocycles. The molecule has 0 saturated heterocycles. The topological polar surface area (TPSA) is 0 Å². The first-order chi connectivity index (χ1) is 25.8. The third kappa shape index (κ3) is 4.22. The van der Waals surface area contributed by atoms with E-state index in [9.17, 15) is 0 Å². The summed E-state index contributed by atoms with van der Waals surface area (Å²) < 4.78 is 0. The second-order valence-electron chi connectivity index (χ2n) is 14.3. The molecule has 0 N–H and O–H groups in total. The molecular formula is C52H34. The SMILES string of the molecule is C1=CC2c3ccccc3-c3cc(-c4c5ccccc5c(-c5ccc(-c6ccccc6)c6ccccc56)c5ccccc45)c4ccccc4c3C2C=C1. The van der Waals surface area contributed by atoms with Crippen LogP contribution in [0.5, 0.6) is 0 Å². The first-order valence-corrected chi connectivity index (χ1v) is 18.4. The van der Waals surface area contributed by atoms with Crippen molar-refractivity contribution in [3.8, 4) is 44.5 Å². The zero-order chi connectivity index (χ0) is 34.2. The van der Waals surface area contributed by atoms with Gasteiger partial charge in [-0.05, 0) is 105 Å². The van der Waals surface area contributed by atoms with Gasteiger partial charge in [-0.25, -0.2) is 0 Å². The molecule has 0 spiro atoms. The van der Waals surface area contributed by atoms with Gasteiger partial charge in [-0.1, -0.05) is 188 Å². The molecule has 0 bridgehead atoms. The minimum Gasteiger partial charge on any atom is -0.0761 e. The predicted molar refractivity (Wildman–Crippen MR) is 222 cm³/mol. The molecule has 0 radical (unpaired) electrons. The van der Waals surface area contributed by atoms with Crippen LogP contribution in [-0.2, 0) is 0 Å². The molecule has 242 valence electrons. The fourth-order valence-corrected chi connectivity index (χ4v) is 9.49. The maximum absolute atomic E-state index is 2.52. The van der Waals surface area contributed by atoms with Crippen molar-refractivity contribution in [2.45, 2.75) is 11.8 Å². The van der Waals surface area contributed by atoms with Gasteiger partial charge < -0.3 is 0 Å². The molecule has 2 aliphatic rings. The number of fused-ring (bicyclic) bond motifs is 11. The molecule has 0 aromatic heterocycles. The fraction of sp³-hybridized carbons (Fsp3) is 0.0385. The van der Waals surface area contributed by atoms with Gasteiger partial charge in [-0.2, -0.15) is 0 Å². The van der Waals surface area contributed by atoms with E-state index in [2.05, 4.69) is 194 Å². The van der Waals surface area contributed by atoms with Crippen molar-refractivity contribution in [2.24, 2.45) is 0 Å². The highest BCUT2D eigenvalue weighted by Gasteiger charge is 2.34. The zero-order valence-corrected chi connectivity index (χ0v) is 28.6. The molecule has 52 heavy (non-hydrogen) atoms. The number of allylic oxidation sites excluding steroid dienone is 4. The van der Waals surface area contributed by atoms with Crippen molar-refractivity contribution in [3.05, 3.63) is 205 Å². The molecule has 0 saturated carbocycles. The van der Waals surface area contributed by atoms with Gasteiger partial charge in [-0.15, -0.1) is 0 Å². The molecule has 11 rings (SSSR count). The Morgan fingerprint density at radius 3 is 1.40 bits per heavy atom. The Hall–Kier alpha value is -6.50. The number of benzene rings is 9. The average Bonchev–Trinajstić information content (AvgIpc) is 3.22. The molecule has 9 aromatic carbocycles. The number of rotatable bonds is 3. The maximum Gasteiger partial charge on any atom is 0.0137 e. The summed E-state index contributed by atoms with van der Waals surface area (Å²) in [6.07, 6.45) is 9.26. The summed E-state index contributed by atoms with van der Waals surface area (Å²) >= 11 is 0. The Morgan fingerprint density at radius 2 is 0.750 bits per heavy atom. The lowest BCUT2D eigenvalue weighted by atomic mass is 9.68. The van der Waals surface area contributed by atoms with Gasteiger partial charge in [0.25, 0.3) is 0 Å². The van der Waals surface area contributed by atoms with Crippen LogP contribution in [-0.4, -0.2) is 0 Å². The minimum absolute atomic E-state index is 0.303. The van der Waals surface area contributed by atoms with Crippen molar-refractivity contribution in [1.29, 1.82) is 0 Å². The Balaban J connectivity index is 1.25. The Kier molecular flexibility index (Phi) is 6.48. The van der Waals surface area contributed by atoms with Gasteiger partial charge in [0.1, 0.15) is 0 Å². The van der Waals surface area contributed by atoms with E-state index in [-0.39, 0.29) is 0 Å². The van der Waals surface area contributed by atoms with Crippen LogP contribution < -0.4 is 0 Å². The van der Waals surface area contributed by atoms with E-state index in [1.165, 1.54) is 98.7 Å². The third-order valence-electron chi connectivity index (χ3n) is 11.6. The van der Waals surface area contributed by atoms with E-state index in [4.69, 9.17) is 0 Å². The van der Waals surface area contributed by atoms with Crippen molar-refractivity contribution in [3.63, 3.8) is 0 Å². The van der Waals surface area contributed by atoms with Crippen LogP contribution in [0.15, 0.2) is 194 Å². The molecule has 0 amide bonds. The van der Waals surface area contributed by atoms with Crippen molar-refractivity contribution in [1.82, 2.24) is 0 Å². The standard InChI is InChI=1S/C52H34/c1-2-16-33(17-3-1)34-30-31-47(37-20-6-4-18-35(34)37)50-43-26-12-14-28-45(43)52(46-29-15-13-27-44(46)50)49-32-48-39-22-7-5-19-36(39)38-21-8-10-24-41(38)51(48)42-25-11-9-23-40(42)49/h1-32,38,41H. The summed E-state index contributed by atoms with van der Waals surface area (Å²) in [4.78, 5) is 0. The Labute approximate surface area is 303 Å². The van der Waals surface area contributed by atoms with Crippen LogP contribution in [0.25, 0.3) is 87.6 Å². The van der Waals surface area contributed by atoms with Crippen LogP contribution in [0.1, 0.15) is 23.0 Å². The molecular weight excluding hydrogens is 625 g/mol. The number of hydrogen-bond acceptors (Lipinski definition) is 0. The number of hydrogen-bond donors (Lipinski definition) is 0. The summed E-state index contributed by atoms with van der Waals surface area (Å²) in [6.45, 7) is 0. The lowest BCUT2D eigenvalue weighted by Crippen LogP contribution is -2.17. The highest BCUT2D eigenvalue weighted by Crippen LogP contribution is 2.55. The lowest BCUT2D eigenvalue weighted by molar-refractivity contribution is 0.725. The van der Waals surface area contributed by atoms with Gasteiger partial charge in [0, 0.05) is 11.8 Å². The second-order valence-corrected chi connectivity index (χ2v) is 14.3. The molecule has 9 aromatic rings. The Morgan fingerprint density at radius 1 is 0.288 bits per heavy atom. The fourth-order valence-electron chi connectivity index (χ4n) is 9.49. The molecule has 0 fully saturated rings. The predicted octanol–water partition coefficient (Wildman–Crippen LogP) is 14.3. The van der Waals surface area contributed by atoms with Crippen molar-refractivity contribution in [2.75, 3.05) is 0 Å². The van der Waals surface area contributed by atoms with E-state index >= 15 is 0 Å². The average molecular weight is 659 g/mol. The third-order valence-corrected chi connectivity index (χ3v) is 11.6. The van der Waals surface area contributed by atoms with Crippen LogP contribution >= 0.6 is 0 Å². The largest absolute Gasteiger partial charge is 0.0761 e. The molecule has 0 heteroatoms. The summed E-state index contributed by atoms with van der Waals surface area (Å²) in [5.74, 6) is 0.642. The second kappa shape index (κ2) is 11.5. The smallest absolute Gasteiger partial charge is 0.0137 e. The van der Waals surface area contributed by atoms with Gasteiger partial charge in [0.15, 0.2) is 0 Å². The summed E-state index contributed by atoms with van der Waals surface area (Å²) in [6, 6.07) is 63.3. The monoisotopic (exact) mass is 658 g/mol. The molecule has 2 aliphatic carbocycles. The zero-order valence-electron chi connectivity index (χ0n) is 28.6. The van der Waals surface area contributed by atoms with Crippen molar-refractivity contribution >= 4 is 43.1 Å². The van der Waals surface area contributed by atoms with E-state index in [0.717, 1.165) is 0 Å². The van der Waals surface area contributed by atoms with Crippen LogP contribution in [0.2, 0.25) is 0 Å². The first kappa shape index (κ1) is 29.3. The maximum atomic E-state index is 2.52. The van der Waals surface area contributed by atoms with Crippen LogP contribution in [0.4, 0.5) is 0 Å². The normalized spacial score (nSPS) is 15.9. The molecule has 0 aliphatic heterocycles. The van der Waals surface area contributed by atoms with E-state index in [0.29, 0.717) is 11.8 Å². The summed E-state index contributed by atoms with van der Waals surface area (Å²) in [7, 11) is 0. The summed E-state index contributed by atoms with van der Waals surface area (Å²) in [5.41, 5.74) is 13.2. The van der Waals surface area contributed by atoms with Gasteiger partial charge in [-0.3, -0.25) is 0 Å². The molecule has 2 unspecified atom stereocenters. The minimum atomic E-state index is 0.303. The van der Waals surface area contributed by atoms with Gasteiger partial charge >= 0.3 is 0 Å². The van der Waals surface area contributed by atoms with Crippen molar-refractivity contribution < 1.29 is 0 Å². The van der Waals surface area contributed by atoms with E-state index in [1.807, 2.05) is 0 Å². The highest BCUT2D eigenvalue weighted by molar-refractivity contribution is 6.26. The molecule has 0 nitrogen and oxygen atoms in total. The summed E-state index contributed by atoms with van der Waals surface area (Å²) in [5, 5.41) is 10.3. The van der Waals surface area contributed by atoms with Crippen LogP contribution in [0, 0.1) is 0 Å². The van der Waals surface area contributed by atoms with Gasteiger partial charge in [0.05, 0.1) is 0 Å². The van der Waals surface area contributed by atoms with Gasteiger partial charge in [0.2, 0.25) is 0 Å². The lowest BCUT2D eigenvalue weighted by Gasteiger charge is -2.35. The van der Waals surface area contributed by atoms with E-state index in [1.54, 1.807) is 0 Å². The van der Waals surface area contributed by atoms with Crippen LogP contribution in [0.3, 0.4) is 0 Å². The van der Waals surface area contributed by atoms with E-state index < -0.39 is 0 Å². The highest BCUT2D eigenvalue weighted by atomic mass is 14.4. The quantitative estimate of drug-likeness (QED) is 0.166.